The van der Waals surface area contributed by atoms with Crippen LogP contribution in [0.3, 0.4) is 0 Å². The molecule has 0 N–H and O–H groups in total. The minimum atomic E-state index is -0.390. The van der Waals surface area contributed by atoms with Crippen molar-refractivity contribution in [1.82, 2.24) is 0 Å². The van der Waals surface area contributed by atoms with E-state index in [0.29, 0.717) is 11.5 Å². The lowest BCUT2D eigenvalue weighted by atomic mass is 9.85. The quantitative estimate of drug-likeness (QED) is 0.606. The average molecular weight is 262 g/mol. The standard InChI is InChI=1S/C16H22O3/c1-3-13-9-5-7-11-15(13)18-19-16(17)14-10-6-4-8-12(14)2/h4,6,8,10,13,15H,3,5,7,9,11H2,1-2H3. The third-order valence-electron chi connectivity index (χ3n) is 3.98. The van der Waals surface area contributed by atoms with Gasteiger partial charge in [-0.25, -0.2) is 4.79 Å². The van der Waals surface area contributed by atoms with Gasteiger partial charge in [0.1, 0.15) is 6.10 Å². The monoisotopic (exact) mass is 262 g/mol. The summed E-state index contributed by atoms with van der Waals surface area (Å²) in [6.45, 7) is 4.06. The third-order valence-corrected chi connectivity index (χ3v) is 3.98. The zero-order chi connectivity index (χ0) is 13.7. The van der Waals surface area contributed by atoms with Crippen molar-refractivity contribution in [3.8, 4) is 0 Å². The molecule has 19 heavy (non-hydrogen) atoms. The lowest BCUT2D eigenvalue weighted by Gasteiger charge is -2.28. The molecule has 3 nitrogen and oxygen atoms in total. The van der Waals surface area contributed by atoms with Gasteiger partial charge in [-0.2, -0.15) is 4.89 Å². The van der Waals surface area contributed by atoms with Crippen LogP contribution in [0.5, 0.6) is 0 Å². The van der Waals surface area contributed by atoms with Gasteiger partial charge in [-0.3, -0.25) is 4.89 Å². The molecule has 1 aromatic rings. The Morgan fingerprint density at radius 1 is 1.26 bits per heavy atom. The number of carbonyl (C=O) groups is 1. The maximum absolute atomic E-state index is 12.0. The number of rotatable bonds is 4. The normalized spacial score (nSPS) is 23.1. The van der Waals surface area contributed by atoms with Crippen LogP contribution >= 0.6 is 0 Å². The van der Waals surface area contributed by atoms with Gasteiger partial charge in [0, 0.05) is 0 Å². The molecule has 0 spiro atoms. The first-order chi connectivity index (χ1) is 9.22. The first-order valence-corrected chi connectivity index (χ1v) is 7.15. The molecule has 2 rings (SSSR count). The Balaban J connectivity index is 1.91. The van der Waals surface area contributed by atoms with Gasteiger partial charge in [0.25, 0.3) is 0 Å². The first-order valence-electron chi connectivity index (χ1n) is 7.15. The summed E-state index contributed by atoms with van der Waals surface area (Å²) in [5.41, 5.74) is 1.48. The fraction of sp³-hybridized carbons (Fsp3) is 0.562. The van der Waals surface area contributed by atoms with E-state index >= 15 is 0 Å². The zero-order valence-electron chi connectivity index (χ0n) is 11.7. The molecule has 3 heteroatoms. The Morgan fingerprint density at radius 3 is 2.74 bits per heavy atom. The van der Waals surface area contributed by atoms with Gasteiger partial charge in [0.15, 0.2) is 0 Å². The van der Waals surface area contributed by atoms with Gasteiger partial charge >= 0.3 is 5.97 Å². The van der Waals surface area contributed by atoms with Gasteiger partial charge in [-0.1, -0.05) is 44.4 Å². The van der Waals surface area contributed by atoms with Gasteiger partial charge in [-0.05, 0) is 37.3 Å². The summed E-state index contributed by atoms with van der Waals surface area (Å²) in [4.78, 5) is 22.4. The van der Waals surface area contributed by atoms with Crippen molar-refractivity contribution in [2.45, 2.75) is 52.1 Å². The van der Waals surface area contributed by atoms with Gasteiger partial charge in [0.2, 0.25) is 0 Å². The van der Waals surface area contributed by atoms with E-state index < -0.39 is 5.97 Å². The van der Waals surface area contributed by atoms with Gasteiger partial charge < -0.3 is 0 Å². The molecule has 0 aliphatic heterocycles. The zero-order valence-corrected chi connectivity index (χ0v) is 11.7. The van der Waals surface area contributed by atoms with Gasteiger partial charge in [-0.15, -0.1) is 0 Å². The van der Waals surface area contributed by atoms with E-state index in [-0.39, 0.29) is 6.10 Å². The fourth-order valence-electron chi connectivity index (χ4n) is 2.72. The second-order valence-electron chi connectivity index (χ2n) is 5.27. The van der Waals surface area contributed by atoms with E-state index in [4.69, 9.17) is 9.78 Å². The van der Waals surface area contributed by atoms with Crippen LogP contribution in [0.4, 0.5) is 0 Å². The average Bonchev–Trinajstić information content (AvgIpc) is 2.45. The van der Waals surface area contributed by atoms with Crippen molar-refractivity contribution in [1.29, 1.82) is 0 Å². The third kappa shape index (κ3) is 3.57. The molecule has 0 aromatic heterocycles. The van der Waals surface area contributed by atoms with Crippen LogP contribution in [0.2, 0.25) is 0 Å². The SMILES string of the molecule is CCC1CCCCC1OOC(=O)c1ccccc1C. The van der Waals surface area contributed by atoms with E-state index in [9.17, 15) is 4.79 Å². The highest BCUT2D eigenvalue weighted by Crippen LogP contribution is 2.29. The molecule has 0 bridgehead atoms. The molecule has 1 saturated carbocycles. The molecule has 2 atom stereocenters. The number of hydrogen-bond acceptors (Lipinski definition) is 3. The van der Waals surface area contributed by atoms with Crippen LogP contribution in [0, 0.1) is 12.8 Å². The largest absolute Gasteiger partial charge is 0.373 e. The highest BCUT2D eigenvalue weighted by molar-refractivity contribution is 5.90. The van der Waals surface area contributed by atoms with Crippen LogP contribution in [0.1, 0.15) is 54.9 Å². The van der Waals surface area contributed by atoms with Crippen molar-refractivity contribution in [2.24, 2.45) is 5.92 Å². The highest BCUT2D eigenvalue weighted by Gasteiger charge is 2.26. The summed E-state index contributed by atoms with van der Waals surface area (Å²) in [7, 11) is 0. The first kappa shape index (κ1) is 14.1. The second-order valence-corrected chi connectivity index (χ2v) is 5.27. The van der Waals surface area contributed by atoms with Crippen LogP contribution < -0.4 is 0 Å². The van der Waals surface area contributed by atoms with E-state index in [2.05, 4.69) is 6.92 Å². The summed E-state index contributed by atoms with van der Waals surface area (Å²) in [5.74, 6) is 0.122. The predicted octanol–water partition coefficient (Wildman–Crippen LogP) is 4.05. The van der Waals surface area contributed by atoms with E-state index in [1.807, 2.05) is 25.1 Å². The molecule has 1 aliphatic carbocycles. The van der Waals surface area contributed by atoms with E-state index in [0.717, 1.165) is 24.8 Å². The fourth-order valence-corrected chi connectivity index (χ4v) is 2.72. The molecule has 1 fully saturated rings. The maximum atomic E-state index is 12.0. The lowest BCUT2D eigenvalue weighted by Crippen LogP contribution is -2.28. The summed E-state index contributed by atoms with van der Waals surface area (Å²) in [5, 5.41) is 0. The Morgan fingerprint density at radius 2 is 2.00 bits per heavy atom. The van der Waals surface area contributed by atoms with Crippen molar-refractivity contribution in [3.63, 3.8) is 0 Å². The number of benzene rings is 1. The Bertz CT molecular complexity index is 428. The van der Waals surface area contributed by atoms with Crippen LogP contribution in [-0.2, 0) is 9.78 Å². The van der Waals surface area contributed by atoms with Crippen LogP contribution in [0.15, 0.2) is 24.3 Å². The maximum Gasteiger partial charge on any atom is 0.373 e. The molecule has 104 valence electrons. The minimum absolute atomic E-state index is 0.0618. The van der Waals surface area contributed by atoms with Gasteiger partial charge in [0.05, 0.1) is 5.56 Å². The molecule has 0 radical (unpaired) electrons. The Hall–Kier alpha value is -1.35. The summed E-state index contributed by atoms with van der Waals surface area (Å²) < 4.78 is 0. The molecular weight excluding hydrogens is 240 g/mol. The van der Waals surface area contributed by atoms with E-state index in [1.165, 1.54) is 12.8 Å². The smallest absolute Gasteiger partial charge is 0.293 e. The molecular formula is C16H22O3. The summed E-state index contributed by atoms with van der Waals surface area (Å²) in [6, 6.07) is 7.39. The predicted molar refractivity (Wildman–Crippen MR) is 73.7 cm³/mol. The number of carbonyl (C=O) groups excluding carboxylic acids is 1. The lowest BCUT2D eigenvalue weighted by molar-refractivity contribution is -0.290. The Kier molecular flexibility index (Phi) is 4.97. The number of hydrogen-bond donors (Lipinski definition) is 0. The Labute approximate surface area is 114 Å². The van der Waals surface area contributed by atoms with Crippen LogP contribution in [0.25, 0.3) is 0 Å². The highest BCUT2D eigenvalue weighted by atomic mass is 17.2. The molecule has 1 aliphatic rings. The topological polar surface area (TPSA) is 35.5 Å². The van der Waals surface area contributed by atoms with Crippen molar-refractivity contribution < 1.29 is 14.6 Å². The van der Waals surface area contributed by atoms with Crippen molar-refractivity contribution in [2.75, 3.05) is 0 Å². The molecule has 0 saturated heterocycles. The molecule has 2 unspecified atom stereocenters. The van der Waals surface area contributed by atoms with Crippen molar-refractivity contribution in [3.05, 3.63) is 35.4 Å². The summed E-state index contributed by atoms with van der Waals surface area (Å²) >= 11 is 0. The molecule has 0 amide bonds. The summed E-state index contributed by atoms with van der Waals surface area (Å²) in [6.07, 6.45) is 5.70. The van der Waals surface area contributed by atoms with E-state index in [1.54, 1.807) is 6.07 Å². The molecule has 0 heterocycles. The van der Waals surface area contributed by atoms with Crippen LogP contribution in [-0.4, -0.2) is 12.1 Å². The number of aryl methyl sites for hydroxylation is 1. The minimum Gasteiger partial charge on any atom is -0.293 e. The second kappa shape index (κ2) is 6.71. The van der Waals surface area contributed by atoms with Crippen molar-refractivity contribution >= 4 is 5.97 Å². The molecule has 1 aromatic carbocycles.